The van der Waals surface area contributed by atoms with Crippen LogP contribution in [0.25, 0.3) is 11.1 Å². The minimum atomic E-state index is -1.19. The molecule has 3 N–H and O–H groups in total. The Morgan fingerprint density at radius 1 is 0.684 bits per heavy atom. The van der Waals surface area contributed by atoms with Gasteiger partial charge in [0.25, 0.3) is 5.91 Å². The summed E-state index contributed by atoms with van der Waals surface area (Å²) in [7, 11) is 0. The number of benzene rings is 2. The van der Waals surface area contributed by atoms with Gasteiger partial charge in [0, 0.05) is 24.7 Å². The minimum Gasteiger partial charge on any atom is -0.480 e. The summed E-state index contributed by atoms with van der Waals surface area (Å²) < 4.78 is 10.9. The number of hydrogen-bond donors (Lipinski definition) is 3. The molecule has 288 valence electrons. The highest BCUT2D eigenvalue weighted by molar-refractivity contribution is 5.97. The highest BCUT2D eigenvalue weighted by atomic mass is 16.6. The summed E-state index contributed by atoms with van der Waals surface area (Å²) in [5.41, 5.74) is 3.43. The van der Waals surface area contributed by atoms with Crippen molar-refractivity contribution in [2.75, 3.05) is 6.61 Å². The molecule has 10 heteroatoms. The third kappa shape index (κ3) is 16.3. The fraction of sp³-hybridized carbons (Fsp3) is 0.340. The third-order valence-corrected chi connectivity index (χ3v) is 8.08. The van der Waals surface area contributed by atoms with Crippen molar-refractivity contribution in [3.8, 4) is 94.0 Å². The van der Waals surface area contributed by atoms with E-state index < -0.39 is 41.6 Å². The van der Waals surface area contributed by atoms with E-state index in [1.165, 1.54) is 0 Å². The average molecular weight is 763 g/mol. The van der Waals surface area contributed by atoms with E-state index in [1.807, 2.05) is 48.5 Å². The summed E-state index contributed by atoms with van der Waals surface area (Å²) in [5.74, 6) is 31.4. The van der Waals surface area contributed by atoms with Crippen LogP contribution in [0.2, 0.25) is 0 Å². The van der Waals surface area contributed by atoms with Gasteiger partial charge in [-0.1, -0.05) is 67.3 Å². The van der Waals surface area contributed by atoms with Crippen LogP contribution in [0.4, 0.5) is 4.79 Å². The molecule has 0 radical (unpaired) electrons. The third-order valence-electron chi connectivity index (χ3n) is 8.08. The molecule has 0 spiro atoms. The van der Waals surface area contributed by atoms with Crippen molar-refractivity contribution in [2.24, 2.45) is 0 Å². The molecule has 0 bridgehead atoms. The number of amides is 2. The lowest BCUT2D eigenvalue weighted by Crippen LogP contribution is -2.44. The van der Waals surface area contributed by atoms with Gasteiger partial charge >= 0.3 is 18.0 Å². The Morgan fingerprint density at radius 3 is 1.77 bits per heavy atom. The lowest BCUT2D eigenvalue weighted by Gasteiger charge is -2.24. The number of alkyl carbamates (subject to hydrolysis) is 1. The first kappa shape index (κ1) is 44.1. The van der Waals surface area contributed by atoms with Crippen LogP contribution in [0.3, 0.4) is 0 Å². The van der Waals surface area contributed by atoms with E-state index in [-0.39, 0.29) is 44.0 Å². The van der Waals surface area contributed by atoms with Gasteiger partial charge in [-0.3, -0.25) is 9.59 Å². The molecule has 2 aromatic carbocycles. The fourth-order valence-corrected chi connectivity index (χ4v) is 5.60. The Hall–Kier alpha value is -7.29. The van der Waals surface area contributed by atoms with Crippen molar-refractivity contribution in [2.45, 2.75) is 96.2 Å². The molecule has 0 aromatic heterocycles. The van der Waals surface area contributed by atoms with E-state index in [1.54, 1.807) is 27.7 Å². The molecule has 0 saturated heterocycles. The number of aliphatic carboxylic acids is 1. The number of Topliss-reactive ketones (excluding diaryl/α,β-unsaturated/α-hetero) is 1. The SMILES string of the molecule is CC#CC#CC#CC#CC#CC#CC#CC(=O)N[C@@H](CCC(=O)CCCCC[C@@H](NC(=O)OCC1c2ccccc2-c2ccccc21)C(=O)O)C(=O)OC(C)(C)C. The molecule has 1 aliphatic rings. The summed E-state index contributed by atoms with van der Waals surface area (Å²) in [5, 5.41) is 14.7. The molecule has 2 amide bonds. The molecular weight excluding hydrogens is 721 g/mol. The first-order valence-corrected chi connectivity index (χ1v) is 18.2. The molecule has 3 rings (SSSR count). The quantitative estimate of drug-likeness (QED) is 0.128. The number of unbranched alkanes of at least 4 members (excludes halogenated alkanes) is 2. The molecule has 0 aliphatic heterocycles. The predicted octanol–water partition coefficient (Wildman–Crippen LogP) is 5.15. The Bertz CT molecular complexity index is 2240. The molecular formula is C47H42N2O8. The van der Waals surface area contributed by atoms with Crippen LogP contribution < -0.4 is 10.6 Å². The number of fused-ring (bicyclic) bond motifs is 3. The molecule has 1 aliphatic carbocycles. The van der Waals surface area contributed by atoms with Gasteiger partial charge in [0.05, 0.1) is 0 Å². The number of rotatable bonds is 15. The van der Waals surface area contributed by atoms with Crippen molar-refractivity contribution in [1.29, 1.82) is 0 Å². The second kappa shape index (κ2) is 23.5. The zero-order valence-corrected chi connectivity index (χ0v) is 32.3. The molecule has 10 nitrogen and oxygen atoms in total. The monoisotopic (exact) mass is 762 g/mol. The largest absolute Gasteiger partial charge is 0.480 e. The van der Waals surface area contributed by atoms with Gasteiger partial charge in [-0.05, 0) is 140 Å². The smallest absolute Gasteiger partial charge is 0.407 e. The summed E-state index contributed by atoms with van der Waals surface area (Å²) in [6.07, 6.45) is 0.918. The van der Waals surface area contributed by atoms with E-state index in [4.69, 9.17) is 9.47 Å². The zero-order valence-electron chi connectivity index (χ0n) is 32.3. The standard InChI is InChI=1S/C47H42N2O8/c1-5-6-7-8-9-10-11-12-13-14-15-16-20-31-43(51)48-42(45(54)57-47(2,3)4)33-32-35(50)25-18-17-19-30-41(44(52)53)49-46(55)56-34-40-38-28-23-21-26-36(38)37-27-22-24-29-39(37)40/h21-24,26-29,40-42H,17-19,25,30,32-34H2,1-4H3,(H,48,51)(H,49,55)(H,52,53)/t41-,42+/m1/s1. The van der Waals surface area contributed by atoms with Gasteiger partial charge in [-0.25, -0.2) is 14.4 Å². The summed E-state index contributed by atoms with van der Waals surface area (Å²) in [6, 6.07) is 13.5. The minimum absolute atomic E-state index is 0.0113. The Labute approximate surface area is 334 Å². The molecule has 2 atom stereocenters. The maximum atomic E-state index is 12.8. The van der Waals surface area contributed by atoms with E-state index >= 15 is 0 Å². The fourth-order valence-electron chi connectivity index (χ4n) is 5.60. The number of ketones is 1. The van der Waals surface area contributed by atoms with Crippen LogP contribution in [0.1, 0.15) is 89.7 Å². The van der Waals surface area contributed by atoms with Crippen molar-refractivity contribution >= 4 is 29.7 Å². The summed E-state index contributed by atoms with van der Waals surface area (Å²) >= 11 is 0. The van der Waals surface area contributed by atoms with E-state index in [0.29, 0.717) is 19.3 Å². The Kier molecular flexibility index (Phi) is 18.2. The lowest BCUT2D eigenvalue weighted by atomic mass is 9.98. The Balaban J connectivity index is 1.42. The maximum Gasteiger partial charge on any atom is 0.407 e. The molecule has 0 fully saturated rings. The van der Waals surface area contributed by atoms with Crippen molar-refractivity contribution in [3.63, 3.8) is 0 Å². The van der Waals surface area contributed by atoms with Crippen molar-refractivity contribution in [3.05, 3.63) is 59.7 Å². The van der Waals surface area contributed by atoms with E-state index in [0.717, 1.165) is 22.3 Å². The molecule has 57 heavy (non-hydrogen) atoms. The number of carboxylic acids is 1. The van der Waals surface area contributed by atoms with Crippen LogP contribution in [-0.4, -0.2) is 59.1 Å². The van der Waals surface area contributed by atoms with Crippen molar-refractivity contribution < 1.29 is 38.6 Å². The van der Waals surface area contributed by atoms with E-state index in [2.05, 4.69) is 93.5 Å². The number of carboxylic acid groups (broad SMARTS) is 1. The summed E-state index contributed by atoms with van der Waals surface area (Å²) in [4.78, 5) is 62.6. The van der Waals surface area contributed by atoms with Gasteiger partial charge < -0.3 is 25.2 Å². The lowest BCUT2D eigenvalue weighted by molar-refractivity contribution is -0.158. The Morgan fingerprint density at radius 2 is 1.23 bits per heavy atom. The van der Waals surface area contributed by atoms with Gasteiger partial charge in [-0.2, -0.15) is 0 Å². The number of carbonyl (C=O) groups excluding carboxylic acids is 4. The van der Waals surface area contributed by atoms with Crippen LogP contribution in [-0.2, 0) is 28.7 Å². The number of esters is 1. The summed E-state index contributed by atoms with van der Waals surface area (Å²) in [6.45, 7) is 6.77. The topological polar surface area (TPSA) is 148 Å². The van der Waals surface area contributed by atoms with Crippen LogP contribution in [0, 0.1) is 82.9 Å². The van der Waals surface area contributed by atoms with Gasteiger partial charge in [0.15, 0.2) is 0 Å². The first-order valence-electron chi connectivity index (χ1n) is 18.2. The maximum absolute atomic E-state index is 12.8. The second-order valence-corrected chi connectivity index (χ2v) is 13.5. The second-order valence-electron chi connectivity index (χ2n) is 13.5. The molecule has 0 unspecified atom stereocenters. The van der Waals surface area contributed by atoms with Crippen LogP contribution >= 0.6 is 0 Å². The average Bonchev–Trinajstić information content (AvgIpc) is 3.49. The molecule has 0 heterocycles. The van der Waals surface area contributed by atoms with Crippen LogP contribution in [0.15, 0.2) is 48.5 Å². The highest BCUT2D eigenvalue weighted by Crippen LogP contribution is 2.44. The van der Waals surface area contributed by atoms with E-state index in [9.17, 15) is 29.1 Å². The van der Waals surface area contributed by atoms with Gasteiger partial charge in [0.2, 0.25) is 0 Å². The number of carbonyl (C=O) groups is 5. The zero-order chi connectivity index (χ0) is 41.5. The number of hydrogen-bond acceptors (Lipinski definition) is 7. The van der Waals surface area contributed by atoms with Gasteiger partial charge in [-0.15, -0.1) is 0 Å². The highest BCUT2D eigenvalue weighted by Gasteiger charge is 2.30. The number of nitrogens with one attached hydrogen (secondary N) is 2. The number of ether oxygens (including phenoxy) is 2. The molecule has 2 aromatic rings. The molecule has 0 saturated carbocycles. The van der Waals surface area contributed by atoms with Crippen LogP contribution in [0.5, 0.6) is 0 Å². The first-order chi connectivity index (χ1) is 27.4. The van der Waals surface area contributed by atoms with Crippen molar-refractivity contribution in [1.82, 2.24) is 10.6 Å². The van der Waals surface area contributed by atoms with Gasteiger partial charge in [0.1, 0.15) is 30.1 Å². The normalized spacial score (nSPS) is 11.3. The predicted molar refractivity (Wildman–Crippen MR) is 215 cm³/mol.